The van der Waals surface area contributed by atoms with Crippen molar-refractivity contribution >= 4 is 41.5 Å². The van der Waals surface area contributed by atoms with Crippen LogP contribution in [0.4, 0.5) is 0 Å². The molecule has 4 atom stereocenters. The summed E-state index contributed by atoms with van der Waals surface area (Å²) in [5, 5.41) is 25.5. The molecular formula is C22H41N9O8. The highest BCUT2D eigenvalue weighted by molar-refractivity contribution is 5.94. The number of guanidine groups is 1. The molecule has 0 aliphatic heterocycles. The minimum absolute atomic E-state index is 0.0587. The van der Waals surface area contributed by atoms with E-state index in [-0.39, 0.29) is 51.0 Å². The maximum Gasteiger partial charge on any atom is 0.326 e. The molecule has 0 aliphatic carbocycles. The van der Waals surface area contributed by atoms with E-state index in [1.807, 2.05) is 0 Å². The summed E-state index contributed by atoms with van der Waals surface area (Å²) in [7, 11) is 0. The molecule has 0 rings (SSSR count). The van der Waals surface area contributed by atoms with Crippen LogP contribution in [0.15, 0.2) is 4.99 Å². The summed E-state index contributed by atoms with van der Waals surface area (Å²) in [4.78, 5) is 76.1. The van der Waals surface area contributed by atoms with Crippen LogP contribution in [0.5, 0.6) is 0 Å². The van der Waals surface area contributed by atoms with Crippen molar-refractivity contribution in [2.24, 2.45) is 33.7 Å². The molecular weight excluding hydrogens is 518 g/mol. The van der Waals surface area contributed by atoms with Gasteiger partial charge in [0, 0.05) is 19.4 Å². The number of hydrogen-bond donors (Lipinski definition) is 10. The zero-order chi connectivity index (χ0) is 30.0. The van der Waals surface area contributed by atoms with Gasteiger partial charge >= 0.3 is 11.9 Å². The summed E-state index contributed by atoms with van der Waals surface area (Å²) in [5.74, 6) is -6.13. The predicted octanol–water partition coefficient (Wildman–Crippen LogP) is -3.83. The van der Waals surface area contributed by atoms with Crippen molar-refractivity contribution in [2.45, 2.75) is 82.0 Å². The van der Waals surface area contributed by atoms with E-state index in [2.05, 4.69) is 20.9 Å². The van der Waals surface area contributed by atoms with Gasteiger partial charge in [0.05, 0.1) is 6.04 Å². The van der Waals surface area contributed by atoms with Crippen LogP contribution in [-0.2, 0) is 28.8 Å². The molecule has 0 aromatic rings. The molecule has 0 bridgehead atoms. The number of amides is 4. The molecule has 0 saturated heterocycles. The molecule has 4 unspecified atom stereocenters. The zero-order valence-corrected chi connectivity index (χ0v) is 21.8. The Bertz CT molecular complexity index is 880. The van der Waals surface area contributed by atoms with E-state index in [4.69, 9.17) is 33.8 Å². The zero-order valence-electron chi connectivity index (χ0n) is 21.8. The van der Waals surface area contributed by atoms with Crippen molar-refractivity contribution in [3.05, 3.63) is 0 Å². The third-order valence-electron chi connectivity index (χ3n) is 5.46. The van der Waals surface area contributed by atoms with Gasteiger partial charge in [-0.1, -0.05) is 6.42 Å². The molecule has 39 heavy (non-hydrogen) atoms. The van der Waals surface area contributed by atoms with Crippen LogP contribution in [0.25, 0.3) is 0 Å². The van der Waals surface area contributed by atoms with Crippen LogP contribution in [0.3, 0.4) is 0 Å². The number of unbranched alkanes of at least 4 members (excludes halogenated alkanes) is 1. The van der Waals surface area contributed by atoms with E-state index in [1.165, 1.54) is 0 Å². The summed E-state index contributed by atoms with van der Waals surface area (Å²) < 4.78 is 0. The summed E-state index contributed by atoms with van der Waals surface area (Å²) in [6.45, 7) is 0.521. The number of carbonyl (C=O) groups is 6. The highest BCUT2D eigenvalue weighted by Crippen LogP contribution is 2.06. The molecule has 17 heteroatoms. The van der Waals surface area contributed by atoms with Gasteiger partial charge in [-0.05, 0) is 45.1 Å². The molecule has 15 N–H and O–H groups in total. The first-order valence-electron chi connectivity index (χ1n) is 12.4. The summed E-state index contributed by atoms with van der Waals surface area (Å²) in [6, 6.07) is -5.16. The van der Waals surface area contributed by atoms with Crippen molar-refractivity contribution in [1.29, 1.82) is 0 Å². The molecule has 222 valence electrons. The molecule has 0 radical (unpaired) electrons. The Morgan fingerprint density at radius 1 is 0.692 bits per heavy atom. The normalized spacial score (nSPS) is 13.7. The summed E-state index contributed by atoms with van der Waals surface area (Å²) in [5.41, 5.74) is 26.9. The standard InChI is InChI=1S/C22H41N9O8/c23-10-2-1-4-12(24)18(35)29-13(6-8-16(25)32)19(36)30-14(7-9-17(33)34)20(37)31-15(21(38)39)5-3-11-28-22(26)27/h12-15H,1-11,23-24H2,(H2,25,32)(H,29,35)(H,30,36)(H,31,37)(H,33,34)(H,38,39)(H4,26,27,28). The van der Waals surface area contributed by atoms with Gasteiger partial charge < -0.3 is 54.8 Å². The average molecular weight is 560 g/mol. The Morgan fingerprint density at radius 2 is 1.23 bits per heavy atom. The number of nitrogens with two attached hydrogens (primary N) is 5. The number of carbonyl (C=O) groups excluding carboxylic acids is 4. The second-order valence-electron chi connectivity index (χ2n) is 8.80. The molecule has 4 amide bonds. The number of nitrogens with zero attached hydrogens (tertiary/aromatic N) is 1. The van der Waals surface area contributed by atoms with Gasteiger partial charge in [-0.2, -0.15) is 0 Å². The Balaban J connectivity index is 5.57. The number of aliphatic imine (C=N–C) groups is 1. The number of hydrogen-bond acceptors (Lipinski definition) is 9. The number of aliphatic carboxylic acids is 2. The van der Waals surface area contributed by atoms with E-state index in [1.54, 1.807) is 0 Å². The Kier molecular flexibility index (Phi) is 17.2. The summed E-state index contributed by atoms with van der Waals surface area (Å²) >= 11 is 0. The lowest BCUT2D eigenvalue weighted by Gasteiger charge is -2.25. The van der Waals surface area contributed by atoms with E-state index < -0.39 is 66.2 Å². The number of nitrogens with one attached hydrogen (secondary N) is 3. The van der Waals surface area contributed by atoms with Crippen LogP contribution in [0.2, 0.25) is 0 Å². The number of carboxylic acid groups (broad SMARTS) is 2. The fourth-order valence-corrected chi connectivity index (χ4v) is 3.32. The van der Waals surface area contributed by atoms with Gasteiger partial charge in [0.25, 0.3) is 0 Å². The van der Waals surface area contributed by atoms with Gasteiger partial charge in [0.1, 0.15) is 18.1 Å². The lowest BCUT2D eigenvalue weighted by Crippen LogP contribution is -2.57. The minimum Gasteiger partial charge on any atom is -0.481 e. The van der Waals surface area contributed by atoms with Gasteiger partial charge in [0.15, 0.2) is 5.96 Å². The SMILES string of the molecule is NCCCCC(N)C(=O)NC(CCC(N)=O)C(=O)NC(CCC(=O)O)C(=O)NC(CCCN=C(N)N)C(=O)O. The predicted molar refractivity (Wildman–Crippen MR) is 140 cm³/mol. The third kappa shape index (κ3) is 16.5. The van der Waals surface area contributed by atoms with Crippen LogP contribution < -0.4 is 44.6 Å². The first kappa shape index (κ1) is 35.0. The van der Waals surface area contributed by atoms with E-state index in [9.17, 15) is 33.9 Å². The monoisotopic (exact) mass is 559 g/mol. The van der Waals surface area contributed by atoms with Crippen LogP contribution in [-0.4, -0.2) is 89.0 Å². The minimum atomic E-state index is -1.47. The van der Waals surface area contributed by atoms with Crippen LogP contribution in [0, 0.1) is 0 Å². The topological polar surface area (TPSA) is 321 Å². The largest absolute Gasteiger partial charge is 0.481 e. The highest BCUT2D eigenvalue weighted by Gasteiger charge is 2.30. The lowest BCUT2D eigenvalue weighted by atomic mass is 10.0. The Morgan fingerprint density at radius 3 is 1.72 bits per heavy atom. The maximum absolute atomic E-state index is 13.0. The molecule has 0 fully saturated rings. The van der Waals surface area contributed by atoms with Crippen LogP contribution >= 0.6 is 0 Å². The van der Waals surface area contributed by atoms with Gasteiger partial charge in [0.2, 0.25) is 23.6 Å². The second-order valence-corrected chi connectivity index (χ2v) is 8.80. The Labute approximate surface area is 225 Å². The van der Waals surface area contributed by atoms with E-state index in [0.717, 1.165) is 0 Å². The number of primary amides is 1. The van der Waals surface area contributed by atoms with Crippen molar-refractivity contribution in [1.82, 2.24) is 16.0 Å². The first-order valence-corrected chi connectivity index (χ1v) is 12.4. The second kappa shape index (κ2) is 19.1. The highest BCUT2D eigenvalue weighted by atomic mass is 16.4. The average Bonchev–Trinajstić information content (AvgIpc) is 2.85. The smallest absolute Gasteiger partial charge is 0.326 e. The number of rotatable bonds is 21. The molecule has 0 spiro atoms. The van der Waals surface area contributed by atoms with E-state index >= 15 is 0 Å². The molecule has 0 aromatic heterocycles. The van der Waals surface area contributed by atoms with E-state index in [0.29, 0.717) is 19.4 Å². The molecule has 0 heterocycles. The molecule has 0 aliphatic rings. The number of carboxylic acids is 2. The molecule has 0 aromatic carbocycles. The molecule has 0 saturated carbocycles. The van der Waals surface area contributed by atoms with Gasteiger partial charge in [-0.3, -0.25) is 29.0 Å². The molecule has 17 nitrogen and oxygen atoms in total. The van der Waals surface area contributed by atoms with Crippen molar-refractivity contribution in [3.63, 3.8) is 0 Å². The van der Waals surface area contributed by atoms with Crippen molar-refractivity contribution < 1.29 is 39.0 Å². The fourth-order valence-electron chi connectivity index (χ4n) is 3.32. The van der Waals surface area contributed by atoms with Gasteiger partial charge in [-0.15, -0.1) is 0 Å². The van der Waals surface area contributed by atoms with Crippen LogP contribution in [0.1, 0.15) is 57.8 Å². The summed E-state index contributed by atoms with van der Waals surface area (Å²) in [6.07, 6.45) is 0.201. The van der Waals surface area contributed by atoms with Crippen molar-refractivity contribution in [3.8, 4) is 0 Å². The lowest BCUT2D eigenvalue weighted by molar-refractivity contribution is -0.143. The third-order valence-corrected chi connectivity index (χ3v) is 5.46. The fraction of sp³-hybridized carbons (Fsp3) is 0.682. The Hall–Kier alpha value is -3.99. The quantitative estimate of drug-likeness (QED) is 0.0367. The van der Waals surface area contributed by atoms with Crippen molar-refractivity contribution in [2.75, 3.05) is 13.1 Å². The maximum atomic E-state index is 13.0. The first-order chi connectivity index (χ1) is 18.3. The van der Waals surface area contributed by atoms with Gasteiger partial charge in [-0.25, -0.2) is 4.79 Å².